The van der Waals surface area contributed by atoms with Crippen molar-refractivity contribution in [1.29, 1.82) is 0 Å². The summed E-state index contributed by atoms with van der Waals surface area (Å²) in [6, 6.07) is 1.57. The van der Waals surface area contributed by atoms with E-state index in [-0.39, 0.29) is 6.54 Å². The second kappa shape index (κ2) is 3.90. The maximum Gasteiger partial charge on any atom is 0.396 e. The Morgan fingerprint density at radius 2 is 2.00 bits per heavy atom. The molecule has 1 atom stereocenters. The van der Waals surface area contributed by atoms with E-state index in [4.69, 9.17) is 5.73 Å². The van der Waals surface area contributed by atoms with Gasteiger partial charge in [0.05, 0.1) is 5.92 Å². The monoisotopic (exact) mass is 223 g/mol. The van der Waals surface area contributed by atoms with Gasteiger partial charge in [-0.1, -0.05) is 0 Å². The van der Waals surface area contributed by atoms with E-state index in [0.717, 1.165) is 4.88 Å². The Hall–Kier alpha value is -0.550. The summed E-state index contributed by atoms with van der Waals surface area (Å²) in [5.74, 6) is -1.52. The zero-order valence-corrected chi connectivity index (χ0v) is 8.80. The summed E-state index contributed by atoms with van der Waals surface area (Å²) >= 11 is 1.37. The number of rotatable bonds is 2. The molecule has 0 bridgehead atoms. The Morgan fingerprint density at radius 3 is 2.29 bits per heavy atom. The van der Waals surface area contributed by atoms with Gasteiger partial charge in [0.1, 0.15) is 0 Å². The van der Waals surface area contributed by atoms with E-state index in [9.17, 15) is 13.2 Å². The van der Waals surface area contributed by atoms with Crippen molar-refractivity contribution in [3.63, 3.8) is 0 Å². The van der Waals surface area contributed by atoms with E-state index in [1.165, 1.54) is 11.3 Å². The van der Waals surface area contributed by atoms with Gasteiger partial charge < -0.3 is 5.73 Å². The first-order valence-corrected chi connectivity index (χ1v) is 5.01. The number of aryl methyl sites for hydroxylation is 2. The minimum atomic E-state index is -4.24. The Labute approximate surface area is 84.7 Å². The predicted molar refractivity (Wildman–Crippen MR) is 51.6 cm³/mol. The van der Waals surface area contributed by atoms with Crippen molar-refractivity contribution in [1.82, 2.24) is 0 Å². The Kier molecular flexibility index (Phi) is 3.21. The standard InChI is InChI=1S/C9H12F3NS/c1-5-3-7(6(2)14-5)8(4-13)9(10,11)12/h3,8H,4,13H2,1-2H3. The summed E-state index contributed by atoms with van der Waals surface area (Å²) < 4.78 is 37.6. The molecule has 1 rings (SSSR count). The first-order chi connectivity index (χ1) is 6.36. The first-order valence-electron chi connectivity index (χ1n) is 4.20. The Morgan fingerprint density at radius 1 is 1.43 bits per heavy atom. The molecule has 0 fully saturated rings. The van der Waals surface area contributed by atoms with Crippen molar-refractivity contribution in [2.75, 3.05) is 6.54 Å². The van der Waals surface area contributed by atoms with Crippen LogP contribution in [0.25, 0.3) is 0 Å². The molecule has 2 N–H and O–H groups in total. The van der Waals surface area contributed by atoms with Gasteiger partial charge in [-0.2, -0.15) is 13.2 Å². The highest BCUT2D eigenvalue weighted by atomic mass is 32.1. The third kappa shape index (κ3) is 2.27. The second-order valence-electron chi connectivity index (χ2n) is 3.20. The van der Waals surface area contributed by atoms with Crippen LogP contribution in [-0.2, 0) is 0 Å². The molecule has 0 aromatic carbocycles. The fraction of sp³-hybridized carbons (Fsp3) is 0.556. The summed E-state index contributed by atoms with van der Waals surface area (Å²) in [7, 11) is 0. The van der Waals surface area contributed by atoms with E-state index >= 15 is 0 Å². The lowest BCUT2D eigenvalue weighted by Gasteiger charge is -2.18. The van der Waals surface area contributed by atoms with Gasteiger partial charge in [0.15, 0.2) is 0 Å². The lowest BCUT2D eigenvalue weighted by atomic mass is 9.99. The summed E-state index contributed by atoms with van der Waals surface area (Å²) in [5.41, 5.74) is 5.48. The van der Waals surface area contributed by atoms with Crippen LogP contribution in [0.5, 0.6) is 0 Å². The smallest absolute Gasteiger partial charge is 0.330 e. The highest BCUT2D eigenvalue weighted by molar-refractivity contribution is 7.12. The van der Waals surface area contributed by atoms with Gasteiger partial charge in [-0.25, -0.2) is 0 Å². The van der Waals surface area contributed by atoms with Gasteiger partial charge in [0.25, 0.3) is 0 Å². The molecule has 0 aliphatic carbocycles. The number of hydrogen-bond donors (Lipinski definition) is 1. The third-order valence-electron chi connectivity index (χ3n) is 2.09. The highest BCUT2D eigenvalue weighted by Crippen LogP contribution is 2.38. The van der Waals surface area contributed by atoms with Gasteiger partial charge in [-0.3, -0.25) is 0 Å². The van der Waals surface area contributed by atoms with E-state index in [1.54, 1.807) is 19.9 Å². The molecule has 0 saturated carbocycles. The Balaban J connectivity index is 3.07. The molecular formula is C9H12F3NS. The molecule has 1 heterocycles. The lowest BCUT2D eigenvalue weighted by molar-refractivity contribution is -0.148. The minimum Gasteiger partial charge on any atom is -0.330 e. The van der Waals surface area contributed by atoms with Crippen LogP contribution in [0, 0.1) is 13.8 Å². The number of alkyl halides is 3. The van der Waals surface area contributed by atoms with Crippen LogP contribution in [0.15, 0.2) is 6.07 Å². The zero-order valence-electron chi connectivity index (χ0n) is 7.98. The fourth-order valence-electron chi connectivity index (χ4n) is 1.43. The second-order valence-corrected chi connectivity index (χ2v) is 4.66. The SMILES string of the molecule is Cc1cc(C(CN)C(F)(F)F)c(C)s1. The molecule has 1 aromatic rings. The quantitative estimate of drug-likeness (QED) is 0.819. The van der Waals surface area contributed by atoms with Crippen LogP contribution in [0.1, 0.15) is 21.2 Å². The van der Waals surface area contributed by atoms with Crippen LogP contribution in [-0.4, -0.2) is 12.7 Å². The molecule has 1 nitrogen and oxygen atoms in total. The van der Waals surface area contributed by atoms with Crippen molar-refractivity contribution >= 4 is 11.3 Å². The summed E-state index contributed by atoms with van der Waals surface area (Å²) in [5, 5.41) is 0. The van der Waals surface area contributed by atoms with Gasteiger partial charge in [-0.15, -0.1) is 11.3 Å². The van der Waals surface area contributed by atoms with E-state index in [1.807, 2.05) is 0 Å². The molecule has 1 aromatic heterocycles. The van der Waals surface area contributed by atoms with Crippen LogP contribution in [0.2, 0.25) is 0 Å². The summed E-state index contributed by atoms with van der Waals surface area (Å²) in [6.45, 7) is 3.10. The maximum atomic E-state index is 12.5. The van der Waals surface area contributed by atoms with Crippen LogP contribution >= 0.6 is 11.3 Å². The molecule has 0 saturated heterocycles. The number of nitrogens with two attached hydrogens (primary N) is 1. The van der Waals surface area contributed by atoms with Crippen LogP contribution in [0.4, 0.5) is 13.2 Å². The van der Waals surface area contributed by atoms with Crippen molar-refractivity contribution < 1.29 is 13.2 Å². The van der Waals surface area contributed by atoms with Gasteiger partial charge in [0.2, 0.25) is 0 Å². The molecule has 0 radical (unpaired) electrons. The number of hydrogen-bond acceptors (Lipinski definition) is 2. The summed E-state index contributed by atoms with van der Waals surface area (Å²) in [6.07, 6.45) is -4.24. The van der Waals surface area contributed by atoms with Crippen molar-refractivity contribution in [2.45, 2.75) is 25.9 Å². The van der Waals surface area contributed by atoms with E-state index < -0.39 is 12.1 Å². The first kappa shape index (κ1) is 11.5. The largest absolute Gasteiger partial charge is 0.396 e. The predicted octanol–water partition coefficient (Wildman–Crippen LogP) is 2.97. The summed E-state index contributed by atoms with van der Waals surface area (Å²) in [4.78, 5) is 1.59. The topological polar surface area (TPSA) is 26.0 Å². The van der Waals surface area contributed by atoms with Crippen molar-refractivity contribution in [3.05, 3.63) is 21.4 Å². The normalized spacial score (nSPS) is 14.4. The molecule has 0 spiro atoms. The Bertz CT molecular complexity index is 316. The average Bonchev–Trinajstić information content (AvgIpc) is 2.29. The maximum absolute atomic E-state index is 12.5. The molecule has 1 unspecified atom stereocenters. The highest BCUT2D eigenvalue weighted by Gasteiger charge is 2.40. The molecule has 0 amide bonds. The number of halogens is 3. The molecule has 0 aliphatic heterocycles. The van der Waals surface area contributed by atoms with E-state index in [2.05, 4.69) is 0 Å². The molecular weight excluding hydrogens is 211 g/mol. The minimum absolute atomic E-state index is 0.322. The molecule has 80 valence electrons. The van der Waals surface area contributed by atoms with E-state index in [0.29, 0.717) is 10.4 Å². The average molecular weight is 223 g/mol. The zero-order chi connectivity index (χ0) is 10.9. The van der Waals surface area contributed by atoms with Crippen LogP contribution in [0.3, 0.4) is 0 Å². The number of thiophene rings is 1. The van der Waals surface area contributed by atoms with Gasteiger partial charge in [0, 0.05) is 16.3 Å². The van der Waals surface area contributed by atoms with Crippen LogP contribution < -0.4 is 5.73 Å². The van der Waals surface area contributed by atoms with Gasteiger partial charge >= 0.3 is 6.18 Å². The molecule has 0 aliphatic rings. The lowest BCUT2D eigenvalue weighted by Crippen LogP contribution is -2.28. The molecule has 5 heteroatoms. The van der Waals surface area contributed by atoms with Crippen molar-refractivity contribution in [3.8, 4) is 0 Å². The fourth-order valence-corrected chi connectivity index (χ4v) is 2.42. The third-order valence-corrected chi connectivity index (χ3v) is 3.07. The van der Waals surface area contributed by atoms with Crippen molar-refractivity contribution in [2.24, 2.45) is 5.73 Å². The molecule has 14 heavy (non-hydrogen) atoms. The van der Waals surface area contributed by atoms with Gasteiger partial charge in [-0.05, 0) is 25.5 Å².